The molecule has 0 unspecified atom stereocenters. The summed E-state index contributed by atoms with van der Waals surface area (Å²) in [4.78, 5) is 11.7. The molecule has 0 bridgehead atoms. The molecule has 0 fully saturated rings. The molecule has 0 aromatic heterocycles. The predicted molar refractivity (Wildman–Crippen MR) is 101 cm³/mol. The molecule has 24 heavy (non-hydrogen) atoms. The number of nitrogens with one attached hydrogen (secondary N) is 2. The number of hydrogen-bond acceptors (Lipinski definition) is 3. The molecule has 2 amide bonds. The Bertz CT molecular complexity index is 703. The van der Waals surface area contributed by atoms with E-state index in [9.17, 15) is 4.79 Å². The number of hydrazone groups is 1. The van der Waals surface area contributed by atoms with E-state index in [0.717, 1.165) is 15.8 Å². The van der Waals surface area contributed by atoms with Crippen LogP contribution in [-0.2, 0) is 0 Å². The third-order valence-electron chi connectivity index (χ3n) is 2.94. The van der Waals surface area contributed by atoms with Crippen molar-refractivity contribution in [3.8, 4) is 5.75 Å². The van der Waals surface area contributed by atoms with Crippen LogP contribution in [0.2, 0.25) is 0 Å². The van der Waals surface area contributed by atoms with Gasteiger partial charge in [-0.3, -0.25) is 0 Å². The van der Waals surface area contributed by atoms with Crippen LogP contribution in [0.3, 0.4) is 0 Å². The van der Waals surface area contributed by atoms with Crippen LogP contribution in [-0.4, -0.2) is 18.9 Å². The number of para-hydroxylation sites is 1. The maximum absolute atomic E-state index is 11.7. The van der Waals surface area contributed by atoms with Crippen molar-refractivity contribution >= 4 is 33.9 Å². The van der Waals surface area contributed by atoms with E-state index < -0.39 is 6.03 Å². The van der Waals surface area contributed by atoms with Crippen molar-refractivity contribution in [2.24, 2.45) is 11.0 Å². The summed E-state index contributed by atoms with van der Waals surface area (Å²) in [5.74, 6) is 1.25. The van der Waals surface area contributed by atoms with E-state index in [1.54, 1.807) is 18.3 Å². The molecule has 5 nitrogen and oxygen atoms in total. The number of nitrogens with zero attached hydrogens (tertiary/aromatic N) is 1. The number of rotatable bonds is 6. The Morgan fingerprint density at radius 1 is 1.25 bits per heavy atom. The van der Waals surface area contributed by atoms with Gasteiger partial charge in [0.25, 0.3) is 0 Å². The largest absolute Gasteiger partial charge is 0.492 e. The second kappa shape index (κ2) is 9.08. The molecule has 0 spiro atoms. The summed E-state index contributed by atoms with van der Waals surface area (Å²) < 4.78 is 6.54. The summed E-state index contributed by atoms with van der Waals surface area (Å²) in [7, 11) is 0. The van der Waals surface area contributed by atoms with Crippen molar-refractivity contribution in [3.05, 3.63) is 58.6 Å². The summed E-state index contributed by atoms with van der Waals surface area (Å²) in [5, 5.41) is 6.62. The van der Waals surface area contributed by atoms with Crippen molar-refractivity contribution in [1.29, 1.82) is 0 Å². The van der Waals surface area contributed by atoms with Crippen molar-refractivity contribution < 1.29 is 9.53 Å². The van der Waals surface area contributed by atoms with Gasteiger partial charge in [-0.15, -0.1) is 0 Å². The third-order valence-corrected chi connectivity index (χ3v) is 3.56. The van der Waals surface area contributed by atoms with E-state index in [2.05, 4.69) is 45.6 Å². The highest BCUT2D eigenvalue weighted by Crippen LogP contribution is 2.25. The lowest BCUT2D eigenvalue weighted by molar-refractivity contribution is 0.252. The van der Waals surface area contributed by atoms with Gasteiger partial charge in [-0.25, -0.2) is 10.2 Å². The van der Waals surface area contributed by atoms with Gasteiger partial charge in [0.1, 0.15) is 5.75 Å². The molecular weight excluding hydrogens is 370 g/mol. The zero-order valence-electron chi connectivity index (χ0n) is 13.6. The molecular formula is C18H20BrN3O2. The fourth-order valence-electron chi connectivity index (χ4n) is 1.82. The number of anilines is 1. The minimum atomic E-state index is -0.395. The van der Waals surface area contributed by atoms with Crippen molar-refractivity contribution in [2.75, 3.05) is 11.9 Å². The van der Waals surface area contributed by atoms with Crippen LogP contribution in [0, 0.1) is 5.92 Å². The Balaban J connectivity index is 1.87. The Labute approximate surface area is 150 Å². The monoisotopic (exact) mass is 389 g/mol. The average molecular weight is 390 g/mol. The molecule has 2 rings (SSSR count). The molecule has 2 N–H and O–H groups in total. The number of benzene rings is 2. The average Bonchev–Trinajstić information content (AvgIpc) is 2.55. The topological polar surface area (TPSA) is 62.7 Å². The van der Waals surface area contributed by atoms with Crippen LogP contribution in [0.4, 0.5) is 10.5 Å². The van der Waals surface area contributed by atoms with E-state index in [-0.39, 0.29) is 0 Å². The number of hydrogen-bond donors (Lipinski definition) is 2. The van der Waals surface area contributed by atoms with E-state index in [1.807, 2.05) is 36.4 Å². The first-order chi connectivity index (χ1) is 11.5. The zero-order chi connectivity index (χ0) is 17.4. The summed E-state index contributed by atoms with van der Waals surface area (Å²) in [6.07, 6.45) is 1.57. The fraction of sp³-hybridized carbons (Fsp3) is 0.222. The lowest BCUT2D eigenvalue weighted by atomic mass is 10.2. The number of halogens is 1. The molecule has 0 aliphatic rings. The first kappa shape index (κ1) is 18.0. The van der Waals surface area contributed by atoms with Crippen LogP contribution >= 0.6 is 15.9 Å². The molecule has 0 radical (unpaired) electrons. The highest BCUT2D eigenvalue weighted by atomic mass is 79.9. The minimum Gasteiger partial charge on any atom is -0.492 e. The summed E-state index contributed by atoms with van der Waals surface area (Å²) in [6.45, 7) is 4.86. The van der Waals surface area contributed by atoms with Gasteiger partial charge in [0.05, 0.1) is 17.3 Å². The molecule has 126 valence electrons. The van der Waals surface area contributed by atoms with Crippen LogP contribution in [0.25, 0.3) is 0 Å². The Kier molecular flexibility index (Phi) is 6.81. The highest BCUT2D eigenvalue weighted by molar-refractivity contribution is 9.10. The number of carbonyl (C=O) groups is 1. The SMILES string of the molecule is CC(C)COc1ccc(/C=N\NC(=O)Nc2ccccc2)cc1Br. The molecule has 0 atom stereocenters. The molecule has 0 saturated heterocycles. The maximum atomic E-state index is 11.7. The van der Waals surface area contributed by atoms with Gasteiger partial charge in [-0.2, -0.15) is 5.10 Å². The summed E-state index contributed by atoms with van der Waals surface area (Å²) in [5.41, 5.74) is 3.98. The van der Waals surface area contributed by atoms with Crippen LogP contribution in [0.1, 0.15) is 19.4 Å². The van der Waals surface area contributed by atoms with E-state index in [1.165, 1.54) is 0 Å². The number of amides is 2. The summed E-state index contributed by atoms with van der Waals surface area (Å²) in [6, 6.07) is 14.4. The van der Waals surface area contributed by atoms with Gasteiger partial charge in [0.15, 0.2) is 0 Å². The standard InChI is InChI=1S/C18H20BrN3O2/c1-13(2)12-24-17-9-8-14(10-16(17)19)11-20-22-18(23)21-15-6-4-3-5-7-15/h3-11,13H,12H2,1-2H3,(H2,21,22,23)/b20-11-. The van der Waals surface area contributed by atoms with Gasteiger partial charge < -0.3 is 10.1 Å². The Morgan fingerprint density at radius 2 is 2.00 bits per heavy atom. The normalized spacial score (nSPS) is 10.8. The zero-order valence-corrected chi connectivity index (χ0v) is 15.2. The molecule has 0 saturated carbocycles. The van der Waals surface area contributed by atoms with Gasteiger partial charge in [-0.05, 0) is 57.7 Å². The van der Waals surface area contributed by atoms with E-state index in [4.69, 9.17) is 4.74 Å². The quantitative estimate of drug-likeness (QED) is 0.558. The van der Waals surface area contributed by atoms with Gasteiger partial charge >= 0.3 is 6.03 Å². The number of carbonyl (C=O) groups excluding carboxylic acids is 1. The minimum absolute atomic E-state index is 0.395. The molecule has 2 aromatic rings. The van der Waals surface area contributed by atoms with Crippen LogP contribution < -0.4 is 15.5 Å². The second-order valence-corrected chi connectivity index (χ2v) is 6.44. The molecule has 6 heteroatoms. The predicted octanol–water partition coefficient (Wildman–Crippen LogP) is 4.64. The number of ether oxygens (including phenoxy) is 1. The molecule has 0 aliphatic carbocycles. The highest BCUT2D eigenvalue weighted by Gasteiger charge is 2.03. The van der Waals surface area contributed by atoms with Crippen molar-refractivity contribution in [3.63, 3.8) is 0 Å². The Hall–Kier alpha value is -2.34. The van der Waals surface area contributed by atoms with Crippen LogP contribution in [0.5, 0.6) is 5.75 Å². The lowest BCUT2D eigenvalue weighted by Gasteiger charge is -2.10. The molecule has 2 aromatic carbocycles. The van der Waals surface area contributed by atoms with Crippen LogP contribution in [0.15, 0.2) is 58.1 Å². The van der Waals surface area contributed by atoms with E-state index >= 15 is 0 Å². The third kappa shape index (κ3) is 6.04. The van der Waals surface area contributed by atoms with E-state index in [0.29, 0.717) is 18.2 Å². The maximum Gasteiger partial charge on any atom is 0.339 e. The van der Waals surface area contributed by atoms with Crippen molar-refractivity contribution in [2.45, 2.75) is 13.8 Å². The van der Waals surface area contributed by atoms with Gasteiger partial charge in [0.2, 0.25) is 0 Å². The summed E-state index contributed by atoms with van der Waals surface area (Å²) >= 11 is 3.48. The molecule has 0 aliphatic heterocycles. The van der Waals surface area contributed by atoms with Gasteiger partial charge in [-0.1, -0.05) is 32.0 Å². The fourth-order valence-corrected chi connectivity index (χ4v) is 2.33. The number of urea groups is 1. The van der Waals surface area contributed by atoms with Crippen molar-refractivity contribution in [1.82, 2.24) is 5.43 Å². The first-order valence-electron chi connectivity index (χ1n) is 7.62. The van der Waals surface area contributed by atoms with Gasteiger partial charge in [0, 0.05) is 5.69 Å². The first-order valence-corrected chi connectivity index (χ1v) is 8.41. The Morgan fingerprint density at radius 3 is 2.67 bits per heavy atom. The lowest BCUT2D eigenvalue weighted by Crippen LogP contribution is -2.24. The second-order valence-electron chi connectivity index (χ2n) is 5.58. The smallest absolute Gasteiger partial charge is 0.339 e. The molecule has 0 heterocycles.